The summed E-state index contributed by atoms with van der Waals surface area (Å²) in [7, 11) is 0. The van der Waals surface area contributed by atoms with Crippen molar-refractivity contribution in [2.45, 2.75) is 6.92 Å². The minimum absolute atomic E-state index is 0.763. The largest absolute Gasteiger partial charge is 0.398 e. The molecule has 0 aliphatic rings. The van der Waals surface area contributed by atoms with E-state index in [-0.39, 0.29) is 0 Å². The van der Waals surface area contributed by atoms with Gasteiger partial charge in [0.05, 0.1) is 0 Å². The van der Waals surface area contributed by atoms with Crippen LogP contribution in [-0.4, -0.2) is 4.98 Å². The van der Waals surface area contributed by atoms with Crippen LogP contribution < -0.4 is 11.1 Å². The van der Waals surface area contributed by atoms with Gasteiger partial charge in [0.25, 0.3) is 0 Å². The Labute approximate surface area is 126 Å². The summed E-state index contributed by atoms with van der Waals surface area (Å²) in [5.41, 5.74) is 10.0. The SMILES string of the molecule is Cc1c(Br)cccc1Nc1ccc(N)c2ccncc12. The molecule has 0 saturated carbocycles. The van der Waals surface area contributed by atoms with E-state index < -0.39 is 0 Å². The highest BCUT2D eigenvalue weighted by Gasteiger charge is 2.07. The second-order valence-electron chi connectivity index (χ2n) is 4.66. The lowest BCUT2D eigenvalue weighted by molar-refractivity contribution is 1.36. The van der Waals surface area contributed by atoms with Crippen molar-refractivity contribution in [3.05, 3.63) is 58.8 Å². The highest BCUT2D eigenvalue weighted by Crippen LogP contribution is 2.32. The third kappa shape index (κ3) is 2.23. The van der Waals surface area contributed by atoms with E-state index in [0.29, 0.717) is 0 Å². The fourth-order valence-electron chi connectivity index (χ4n) is 2.21. The summed E-state index contributed by atoms with van der Waals surface area (Å²) < 4.78 is 1.08. The lowest BCUT2D eigenvalue weighted by Gasteiger charge is -2.13. The molecule has 0 radical (unpaired) electrons. The monoisotopic (exact) mass is 327 g/mol. The fourth-order valence-corrected chi connectivity index (χ4v) is 2.58. The lowest BCUT2D eigenvalue weighted by Crippen LogP contribution is -1.96. The minimum atomic E-state index is 0.763. The maximum Gasteiger partial charge on any atom is 0.0481 e. The van der Waals surface area contributed by atoms with Crippen LogP contribution in [0.25, 0.3) is 10.8 Å². The van der Waals surface area contributed by atoms with Crippen molar-refractivity contribution < 1.29 is 0 Å². The van der Waals surface area contributed by atoms with Gasteiger partial charge < -0.3 is 11.1 Å². The van der Waals surface area contributed by atoms with Crippen molar-refractivity contribution in [2.24, 2.45) is 0 Å². The van der Waals surface area contributed by atoms with Gasteiger partial charge in [-0.3, -0.25) is 4.98 Å². The van der Waals surface area contributed by atoms with E-state index >= 15 is 0 Å². The third-order valence-corrected chi connectivity index (χ3v) is 4.25. The predicted molar refractivity (Wildman–Crippen MR) is 88.3 cm³/mol. The molecule has 0 bridgehead atoms. The number of hydrogen-bond donors (Lipinski definition) is 2. The van der Waals surface area contributed by atoms with Crippen LogP contribution in [0, 0.1) is 6.92 Å². The van der Waals surface area contributed by atoms with Crippen molar-refractivity contribution in [3.8, 4) is 0 Å². The van der Waals surface area contributed by atoms with Gasteiger partial charge in [-0.15, -0.1) is 0 Å². The highest BCUT2D eigenvalue weighted by atomic mass is 79.9. The predicted octanol–water partition coefficient (Wildman–Crippen LogP) is 4.63. The zero-order valence-corrected chi connectivity index (χ0v) is 12.6. The van der Waals surface area contributed by atoms with Gasteiger partial charge in [0, 0.05) is 44.7 Å². The molecular weight excluding hydrogens is 314 g/mol. The van der Waals surface area contributed by atoms with E-state index in [1.807, 2.05) is 36.5 Å². The number of nitrogens with two attached hydrogens (primary N) is 1. The maximum atomic E-state index is 6.01. The van der Waals surface area contributed by atoms with Crippen LogP contribution in [0.5, 0.6) is 0 Å². The Morgan fingerprint density at radius 1 is 1.05 bits per heavy atom. The van der Waals surface area contributed by atoms with E-state index in [9.17, 15) is 0 Å². The van der Waals surface area contributed by atoms with E-state index in [1.165, 1.54) is 5.56 Å². The van der Waals surface area contributed by atoms with Gasteiger partial charge in [0.1, 0.15) is 0 Å². The third-order valence-electron chi connectivity index (χ3n) is 3.39. The molecule has 0 atom stereocenters. The van der Waals surface area contributed by atoms with Gasteiger partial charge in [0.15, 0.2) is 0 Å². The number of pyridine rings is 1. The number of anilines is 3. The maximum absolute atomic E-state index is 6.01. The van der Waals surface area contributed by atoms with E-state index in [1.54, 1.807) is 6.20 Å². The first-order valence-electron chi connectivity index (χ1n) is 6.31. The molecular formula is C16H14BrN3. The van der Waals surface area contributed by atoms with Crippen LogP contribution in [0.15, 0.2) is 53.3 Å². The molecule has 0 amide bonds. The second-order valence-corrected chi connectivity index (χ2v) is 5.52. The quantitative estimate of drug-likeness (QED) is 0.674. The molecule has 0 spiro atoms. The molecule has 1 heterocycles. The molecule has 0 aliphatic heterocycles. The molecule has 3 aromatic rings. The molecule has 1 aromatic heterocycles. The standard InChI is InChI=1S/C16H14BrN3/c1-10-13(17)3-2-4-15(10)20-16-6-5-14(18)11-7-8-19-9-12(11)16/h2-9,20H,18H2,1H3. The Morgan fingerprint density at radius 2 is 1.90 bits per heavy atom. The average molecular weight is 328 g/mol. The molecule has 2 aromatic carbocycles. The first-order chi connectivity index (χ1) is 9.66. The average Bonchev–Trinajstić information content (AvgIpc) is 2.47. The van der Waals surface area contributed by atoms with Gasteiger partial charge in [0.2, 0.25) is 0 Å². The number of benzene rings is 2. The molecule has 0 aliphatic carbocycles. The number of nitrogens with one attached hydrogen (secondary N) is 1. The Kier molecular flexibility index (Phi) is 3.32. The lowest BCUT2D eigenvalue weighted by atomic mass is 10.1. The number of nitrogen functional groups attached to an aromatic ring is 1. The second kappa shape index (κ2) is 5.13. The zero-order chi connectivity index (χ0) is 14.1. The Bertz CT molecular complexity index is 784. The molecule has 3 rings (SSSR count). The summed E-state index contributed by atoms with van der Waals surface area (Å²) in [6.45, 7) is 2.07. The first-order valence-corrected chi connectivity index (χ1v) is 7.10. The van der Waals surface area contributed by atoms with Gasteiger partial charge in [-0.1, -0.05) is 22.0 Å². The Morgan fingerprint density at radius 3 is 2.75 bits per heavy atom. The number of rotatable bonds is 2. The summed E-state index contributed by atoms with van der Waals surface area (Å²) in [5, 5.41) is 5.49. The zero-order valence-electron chi connectivity index (χ0n) is 11.0. The molecule has 3 nitrogen and oxygen atoms in total. The molecule has 20 heavy (non-hydrogen) atoms. The van der Waals surface area contributed by atoms with Crippen LogP contribution in [0.1, 0.15) is 5.56 Å². The van der Waals surface area contributed by atoms with Crippen LogP contribution >= 0.6 is 15.9 Å². The van der Waals surface area contributed by atoms with Crippen LogP contribution in [0.4, 0.5) is 17.1 Å². The van der Waals surface area contributed by atoms with E-state index in [2.05, 4.69) is 39.2 Å². The van der Waals surface area contributed by atoms with Gasteiger partial charge >= 0.3 is 0 Å². The molecule has 3 N–H and O–H groups in total. The van der Waals surface area contributed by atoms with Crippen LogP contribution in [-0.2, 0) is 0 Å². The van der Waals surface area contributed by atoms with Crippen LogP contribution in [0.2, 0.25) is 0 Å². The van der Waals surface area contributed by atoms with Crippen molar-refractivity contribution in [1.29, 1.82) is 0 Å². The smallest absolute Gasteiger partial charge is 0.0481 e. The Balaban J connectivity index is 2.12. The van der Waals surface area contributed by atoms with E-state index in [0.717, 1.165) is 32.3 Å². The molecule has 4 heteroatoms. The van der Waals surface area contributed by atoms with Gasteiger partial charge in [-0.25, -0.2) is 0 Å². The van der Waals surface area contributed by atoms with Gasteiger partial charge in [-0.2, -0.15) is 0 Å². The summed E-state index contributed by atoms with van der Waals surface area (Å²) in [4.78, 5) is 4.19. The summed E-state index contributed by atoms with van der Waals surface area (Å²) in [6, 6.07) is 11.9. The number of aromatic nitrogens is 1. The summed E-state index contributed by atoms with van der Waals surface area (Å²) in [6.07, 6.45) is 3.59. The van der Waals surface area contributed by atoms with Crippen molar-refractivity contribution >= 4 is 43.8 Å². The van der Waals surface area contributed by atoms with E-state index in [4.69, 9.17) is 5.73 Å². The van der Waals surface area contributed by atoms with Crippen LogP contribution in [0.3, 0.4) is 0 Å². The topological polar surface area (TPSA) is 50.9 Å². The van der Waals surface area contributed by atoms with Crippen molar-refractivity contribution in [2.75, 3.05) is 11.1 Å². The highest BCUT2D eigenvalue weighted by molar-refractivity contribution is 9.10. The fraction of sp³-hybridized carbons (Fsp3) is 0.0625. The molecule has 0 unspecified atom stereocenters. The molecule has 0 saturated heterocycles. The Hall–Kier alpha value is -2.07. The normalized spacial score (nSPS) is 10.7. The molecule has 0 fully saturated rings. The number of hydrogen-bond acceptors (Lipinski definition) is 3. The summed E-state index contributed by atoms with van der Waals surface area (Å²) in [5.74, 6) is 0. The number of nitrogens with zero attached hydrogens (tertiary/aromatic N) is 1. The number of fused-ring (bicyclic) bond motifs is 1. The minimum Gasteiger partial charge on any atom is -0.398 e. The molecule has 100 valence electrons. The van der Waals surface area contributed by atoms with Crippen molar-refractivity contribution in [1.82, 2.24) is 4.98 Å². The first kappa shape index (κ1) is 12.9. The number of halogens is 1. The summed E-state index contributed by atoms with van der Waals surface area (Å²) >= 11 is 3.55. The van der Waals surface area contributed by atoms with Crippen molar-refractivity contribution in [3.63, 3.8) is 0 Å². The van der Waals surface area contributed by atoms with Gasteiger partial charge in [-0.05, 0) is 42.8 Å².